The van der Waals surface area contributed by atoms with Gasteiger partial charge in [-0.2, -0.15) is 0 Å². The SMILES string of the molecule is CC(C)N(CC1CCCNC1)C(C)C(=O)O. The van der Waals surface area contributed by atoms with Crippen molar-refractivity contribution in [1.82, 2.24) is 10.2 Å². The summed E-state index contributed by atoms with van der Waals surface area (Å²) in [6.07, 6.45) is 2.42. The number of carboxylic acids is 1. The molecule has 2 atom stereocenters. The molecule has 0 aliphatic carbocycles. The molecule has 0 aromatic carbocycles. The lowest BCUT2D eigenvalue weighted by molar-refractivity contribution is -0.143. The number of piperidine rings is 1. The van der Waals surface area contributed by atoms with E-state index in [1.54, 1.807) is 6.92 Å². The molecule has 1 saturated heterocycles. The van der Waals surface area contributed by atoms with Crippen LogP contribution in [0.2, 0.25) is 0 Å². The summed E-state index contributed by atoms with van der Waals surface area (Å²) >= 11 is 0. The normalized spacial score (nSPS) is 23.7. The lowest BCUT2D eigenvalue weighted by Crippen LogP contribution is -2.48. The van der Waals surface area contributed by atoms with Gasteiger partial charge in [0.05, 0.1) is 0 Å². The number of aliphatic carboxylic acids is 1. The van der Waals surface area contributed by atoms with Crippen LogP contribution in [0, 0.1) is 5.92 Å². The van der Waals surface area contributed by atoms with Gasteiger partial charge in [-0.25, -0.2) is 0 Å². The van der Waals surface area contributed by atoms with Crippen LogP contribution in [0.3, 0.4) is 0 Å². The summed E-state index contributed by atoms with van der Waals surface area (Å²) in [4.78, 5) is 13.1. The molecule has 16 heavy (non-hydrogen) atoms. The zero-order valence-corrected chi connectivity index (χ0v) is 10.6. The second-order valence-electron chi connectivity index (χ2n) is 5.02. The number of nitrogens with one attached hydrogen (secondary N) is 1. The van der Waals surface area contributed by atoms with E-state index in [0.29, 0.717) is 5.92 Å². The van der Waals surface area contributed by atoms with Crippen molar-refractivity contribution in [2.75, 3.05) is 19.6 Å². The first-order chi connectivity index (χ1) is 7.52. The molecule has 94 valence electrons. The first kappa shape index (κ1) is 13.5. The van der Waals surface area contributed by atoms with Gasteiger partial charge in [-0.05, 0) is 52.6 Å². The van der Waals surface area contributed by atoms with E-state index in [4.69, 9.17) is 5.11 Å². The summed E-state index contributed by atoms with van der Waals surface area (Å²) in [5.74, 6) is -0.129. The van der Waals surface area contributed by atoms with Crippen LogP contribution in [0.1, 0.15) is 33.6 Å². The van der Waals surface area contributed by atoms with Crippen LogP contribution in [0.25, 0.3) is 0 Å². The number of carboxylic acid groups (broad SMARTS) is 1. The van der Waals surface area contributed by atoms with Crippen LogP contribution in [-0.2, 0) is 4.79 Å². The lowest BCUT2D eigenvalue weighted by Gasteiger charge is -2.35. The average molecular weight is 228 g/mol. The number of carbonyl (C=O) groups is 1. The molecule has 2 N–H and O–H groups in total. The number of hydrogen-bond acceptors (Lipinski definition) is 3. The first-order valence-electron chi connectivity index (χ1n) is 6.21. The van der Waals surface area contributed by atoms with E-state index >= 15 is 0 Å². The number of hydrogen-bond donors (Lipinski definition) is 2. The van der Waals surface area contributed by atoms with E-state index in [9.17, 15) is 4.79 Å². The molecule has 0 aromatic rings. The highest BCUT2D eigenvalue weighted by Gasteiger charge is 2.26. The third-order valence-corrected chi connectivity index (χ3v) is 3.39. The lowest BCUT2D eigenvalue weighted by atomic mass is 9.98. The second-order valence-corrected chi connectivity index (χ2v) is 5.02. The van der Waals surface area contributed by atoms with Crippen molar-refractivity contribution < 1.29 is 9.90 Å². The van der Waals surface area contributed by atoms with Crippen molar-refractivity contribution in [3.05, 3.63) is 0 Å². The van der Waals surface area contributed by atoms with Gasteiger partial charge in [0.2, 0.25) is 0 Å². The van der Waals surface area contributed by atoms with Gasteiger partial charge < -0.3 is 10.4 Å². The number of rotatable bonds is 5. The predicted octanol–water partition coefficient (Wildman–Crippen LogP) is 1.17. The molecule has 1 heterocycles. The van der Waals surface area contributed by atoms with Crippen LogP contribution < -0.4 is 5.32 Å². The van der Waals surface area contributed by atoms with Crippen LogP contribution in [0.15, 0.2) is 0 Å². The molecule has 0 saturated carbocycles. The fourth-order valence-electron chi connectivity index (χ4n) is 2.34. The maximum absolute atomic E-state index is 11.0. The van der Waals surface area contributed by atoms with Crippen LogP contribution in [0.4, 0.5) is 0 Å². The molecule has 1 fully saturated rings. The molecule has 1 aliphatic rings. The summed E-state index contributed by atoms with van der Waals surface area (Å²) < 4.78 is 0. The average Bonchev–Trinajstić information content (AvgIpc) is 2.26. The zero-order chi connectivity index (χ0) is 12.1. The predicted molar refractivity (Wildman–Crippen MR) is 64.5 cm³/mol. The van der Waals surface area contributed by atoms with Gasteiger partial charge in [-0.15, -0.1) is 0 Å². The summed E-state index contributed by atoms with van der Waals surface area (Å²) in [6.45, 7) is 8.92. The smallest absolute Gasteiger partial charge is 0.320 e. The Bertz CT molecular complexity index is 225. The number of nitrogens with zero attached hydrogens (tertiary/aromatic N) is 1. The van der Waals surface area contributed by atoms with E-state index in [0.717, 1.165) is 19.6 Å². The van der Waals surface area contributed by atoms with Crippen molar-refractivity contribution in [1.29, 1.82) is 0 Å². The van der Waals surface area contributed by atoms with Crippen LogP contribution >= 0.6 is 0 Å². The molecular weight excluding hydrogens is 204 g/mol. The molecule has 1 rings (SSSR count). The minimum Gasteiger partial charge on any atom is -0.480 e. The monoisotopic (exact) mass is 228 g/mol. The van der Waals surface area contributed by atoms with Gasteiger partial charge in [0, 0.05) is 12.6 Å². The van der Waals surface area contributed by atoms with Crippen molar-refractivity contribution in [2.45, 2.75) is 45.7 Å². The van der Waals surface area contributed by atoms with Gasteiger partial charge in [0.25, 0.3) is 0 Å². The standard InChI is InChI=1S/C12H24N2O2/c1-9(2)14(10(3)12(15)16)8-11-5-4-6-13-7-11/h9-11,13H,4-8H2,1-3H3,(H,15,16). The van der Waals surface area contributed by atoms with Crippen LogP contribution in [0.5, 0.6) is 0 Å². The van der Waals surface area contributed by atoms with Gasteiger partial charge in [-0.3, -0.25) is 9.69 Å². The van der Waals surface area contributed by atoms with Crippen molar-refractivity contribution in [2.24, 2.45) is 5.92 Å². The molecule has 0 aromatic heterocycles. The second kappa shape index (κ2) is 6.21. The van der Waals surface area contributed by atoms with Crippen molar-refractivity contribution >= 4 is 5.97 Å². The molecule has 0 radical (unpaired) electrons. The third-order valence-electron chi connectivity index (χ3n) is 3.39. The summed E-state index contributed by atoms with van der Waals surface area (Å²) in [7, 11) is 0. The Hall–Kier alpha value is -0.610. The van der Waals surface area contributed by atoms with E-state index in [1.807, 2.05) is 0 Å². The van der Waals surface area contributed by atoms with E-state index in [2.05, 4.69) is 24.1 Å². The van der Waals surface area contributed by atoms with Crippen molar-refractivity contribution in [3.8, 4) is 0 Å². The van der Waals surface area contributed by atoms with Gasteiger partial charge >= 0.3 is 5.97 Å². The highest BCUT2D eigenvalue weighted by atomic mass is 16.4. The van der Waals surface area contributed by atoms with Gasteiger partial charge in [0.15, 0.2) is 0 Å². The Morgan fingerprint density at radius 3 is 2.62 bits per heavy atom. The molecule has 0 spiro atoms. The molecule has 4 heteroatoms. The van der Waals surface area contributed by atoms with Gasteiger partial charge in [-0.1, -0.05) is 0 Å². The van der Waals surface area contributed by atoms with E-state index < -0.39 is 5.97 Å². The summed E-state index contributed by atoms with van der Waals surface area (Å²) in [5, 5.41) is 12.4. The summed E-state index contributed by atoms with van der Waals surface area (Å²) in [5.41, 5.74) is 0. The molecule has 0 amide bonds. The fourth-order valence-corrected chi connectivity index (χ4v) is 2.34. The maximum Gasteiger partial charge on any atom is 0.320 e. The highest BCUT2D eigenvalue weighted by Crippen LogP contribution is 2.15. The highest BCUT2D eigenvalue weighted by molar-refractivity contribution is 5.72. The Morgan fingerprint density at radius 1 is 1.50 bits per heavy atom. The topological polar surface area (TPSA) is 52.6 Å². The Labute approximate surface area is 98.0 Å². The Kier molecular flexibility index (Phi) is 5.22. The Morgan fingerprint density at radius 2 is 2.19 bits per heavy atom. The minimum atomic E-state index is -0.725. The molecule has 2 unspecified atom stereocenters. The van der Waals surface area contributed by atoms with E-state index in [-0.39, 0.29) is 12.1 Å². The largest absolute Gasteiger partial charge is 0.480 e. The van der Waals surface area contributed by atoms with E-state index in [1.165, 1.54) is 12.8 Å². The first-order valence-corrected chi connectivity index (χ1v) is 6.21. The minimum absolute atomic E-state index is 0.285. The quantitative estimate of drug-likeness (QED) is 0.741. The fraction of sp³-hybridized carbons (Fsp3) is 0.917. The third kappa shape index (κ3) is 3.76. The molecule has 0 bridgehead atoms. The van der Waals surface area contributed by atoms with Crippen molar-refractivity contribution in [3.63, 3.8) is 0 Å². The zero-order valence-electron chi connectivity index (χ0n) is 10.6. The Balaban J connectivity index is 2.52. The molecule has 4 nitrogen and oxygen atoms in total. The maximum atomic E-state index is 11.0. The summed E-state index contributed by atoms with van der Waals surface area (Å²) in [6, 6.07) is -0.102. The molecule has 1 aliphatic heterocycles. The molecular formula is C12H24N2O2. The van der Waals surface area contributed by atoms with Crippen LogP contribution in [-0.4, -0.2) is 47.7 Å². The van der Waals surface area contributed by atoms with Gasteiger partial charge in [0.1, 0.15) is 6.04 Å².